The van der Waals surface area contributed by atoms with E-state index in [-0.39, 0.29) is 0 Å². The average molecular weight is 254 g/mol. The number of thiazole rings is 1. The van der Waals surface area contributed by atoms with Crippen molar-refractivity contribution in [2.75, 3.05) is 19.6 Å². The first kappa shape index (κ1) is 13.0. The number of hydrogen-bond acceptors (Lipinski definition) is 4. The first-order chi connectivity index (χ1) is 8.19. The zero-order valence-corrected chi connectivity index (χ0v) is 11.5. The molecule has 1 fully saturated rings. The van der Waals surface area contributed by atoms with Gasteiger partial charge in [-0.25, -0.2) is 4.98 Å². The Bertz CT molecular complexity index is 343. The molecule has 1 atom stereocenters. The summed E-state index contributed by atoms with van der Waals surface area (Å²) < 4.78 is 0. The number of hydrogen-bond donors (Lipinski definition) is 1. The third-order valence-corrected chi connectivity index (χ3v) is 4.50. The summed E-state index contributed by atoms with van der Waals surface area (Å²) in [6.45, 7) is 7.65. The average Bonchev–Trinajstić information content (AvgIpc) is 2.79. The van der Waals surface area contributed by atoms with Crippen LogP contribution in [0.15, 0.2) is 5.38 Å². The topological polar surface area (TPSA) is 36.4 Å². The van der Waals surface area contributed by atoms with E-state index in [2.05, 4.69) is 16.8 Å². The summed E-state index contributed by atoms with van der Waals surface area (Å²) in [7, 11) is 0. The molecular formula is C13H22N2OS. The quantitative estimate of drug-likeness (QED) is 0.896. The lowest BCUT2D eigenvalue weighted by Crippen LogP contribution is -2.34. The maximum Gasteiger partial charge on any atom is 0.0940 e. The lowest BCUT2D eigenvalue weighted by atomic mass is 9.94. The molecule has 1 unspecified atom stereocenters. The van der Waals surface area contributed by atoms with E-state index in [1.54, 1.807) is 18.3 Å². The third-order valence-electron chi connectivity index (χ3n) is 3.62. The molecule has 1 N–H and O–H groups in total. The van der Waals surface area contributed by atoms with E-state index >= 15 is 0 Å². The Morgan fingerprint density at radius 3 is 2.76 bits per heavy atom. The molecule has 96 valence electrons. The molecule has 1 saturated heterocycles. The minimum atomic E-state index is -0.429. The minimum Gasteiger partial charge on any atom is -0.387 e. The van der Waals surface area contributed by atoms with Crippen molar-refractivity contribution in [1.29, 1.82) is 0 Å². The molecule has 2 heterocycles. The molecule has 1 aliphatic rings. The van der Waals surface area contributed by atoms with Gasteiger partial charge < -0.3 is 10.0 Å². The van der Waals surface area contributed by atoms with Crippen LogP contribution in [0.2, 0.25) is 0 Å². The summed E-state index contributed by atoms with van der Waals surface area (Å²) in [5.74, 6) is 0.783. The van der Waals surface area contributed by atoms with Crippen LogP contribution in [-0.2, 0) is 6.42 Å². The van der Waals surface area contributed by atoms with Crippen molar-refractivity contribution in [1.82, 2.24) is 9.88 Å². The number of aromatic nitrogens is 1. The van der Waals surface area contributed by atoms with Crippen molar-refractivity contribution in [2.45, 2.75) is 39.2 Å². The summed E-state index contributed by atoms with van der Waals surface area (Å²) in [5, 5.41) is 12.6. The molecule has 0 bridgehead atoms. The Balaban J connectivity index is 1.84. The van der Waals surface area contributed by atoms with Crippen molar-refractivity contribution in [3.63, 3.8) is 0 Å². The molecule has 0 aromatic carbocycles. The molecule has 0 amide bonds. The number of likely N-dealkylation sites (tertiary alicyclic amines) is 1. The van der Waals surface area contributed by atoms with Crippen LogP contribution in [0.4, 0.5) is 0 Å². The highest BCUT2D eigenvalue weighted by Gasteiger charge is 2.19. The van der Waals surface area contributed by atoms with E-state index in [9.17, 15) is 5.11 Å². The summed E-state index contributed by atoms with van der Waals surface area (Å²) in [6, 6.07) is 0. The van der Waals surface area contributed by atoms with Crippen molar-refractivity contribution in [2.24, 2.45) is 5.92 Å². The Labute approximate surface area is 107 Å². The van der Waals surface area contributed by atoms with Gasteiger partial charge in [-0.1, -0.05) is 6.92 Å². The highest BCUT2D eigenvalue weighted by atomic mass is 32.1. The van der Waals surface area contributed by atoms with Crippen LogP contribution in [0.25, 0.3) is 0 Å². The van der Waals surface area contributed by atoms with E-state index in [1.165, 1.54) is 37.5 Å². The van der Waals surface area contributed by atoms with E-state index in [0.29, 0.717) is 0 Å². The van der Waals surface area contributed by atoms with Crippen molar-refractivity contribution in [3.05, 3.63) is 16.1 Å². The molecule has 1 aromatic heterocycles. The molecule has 0 saturated carbocycles. The van der Waals surface area contributed by atoms with Crippen LogP contribution in [0.5, 0.6) is 0 Å². The van der Waals surface area contributed by atoms with E-state index in [4.69, 9.17) is 0 Å². The maximum atomic E-state index is 9.45. The number of nitrogens with zero attached hydrogens (tertiary/aromatic N) is 2. The highest BCUT2D eigenvalue weighted by molar-refractivity contribution is 7.09. The summed E-state index contributed by atoms with van der Waals surface area (Å²) >= 11 is 1.69. The first-order valence-corrected chi connectivity index (χ1v) is 7.41. The maximum absolute atomic E-state index is 9.45. The van der Waals surface area contributed by atoms with Crippen molar-refractivity contribution in [3.8, 4) is 0 Å². The highest BCUT2D eigenvalue weighted by Crippen LogP contribution is 2.24. The number of rotatable bonds is 4. The van der Waals surface area contributed by atoms with Gasteiger partial charge in [-0.2, -0.15) is 0 Å². The predicted octanol–water partition coefficient (Wildman–Crippen LogP) is 2.47. The molecule has 0 spiro atoms. The second kappa shape index (κ2) is 5.94. The monoisotopic (exact) mass is 254 g/mol. The Hall–Kier alpha value is -0.450. The summed E-state index contributed by atoms with van der Waals surface area (Å²) in [5.41, 5.74) is 0.830. The van der Waals surface area contributed by atoms with Crippen molar-refractivity contribution < 1.29 is 5.11 Å². The smallest absolute Gasteiger partial charge is 0.0940 e. The minimum absolute atomic E-state index is 0.429. The van der Waals surface area contributed by atoms with E-state index in [0.717, 1.165) is 18.0 Å². The van der Waals surface area contributed by atoms with Gasteiger partial charge in [0.1, 0.15) is 0 Å². The van der Waals surface area contributed by atoms with Gasteiger partial charge in [0.2, 0.25) is 0 Å². The molecule has 4 heteroatoms. The number of aliphatic hydroxyl groups is 1. The Morgan fingerprint density at radius 1 is 1.53 bits per heavy atom. The zero-order valence-electron chi connectivity index (χ0n) is 10.7. The fourth-order valence-electron chi connectivity index (χ4n) is 2.36. The molecule has 1 aliphatic heterocycles. The van der Waals surface area contributed by atoms with E-state index in [1.807, 2.05) is 5.38 Å². The van der Waals surface area contributed by atoms with Gasteiger partial charge in [-0.05, 0) is 45.3 Å². The summed E-state index contributed by atoms with van der Waals surface area (Å²) in [4.78, 5) is 7.01. The fraction of sp³-hybridized carbons (Fsp3) is 0.769. The van der Waals surface area contributed by atoms with Crippen LogP contribution in [0, 0.1) is 5.92 Å². The third kappa shape index (κ3) is 3.50. The van der Waals surface area contributed by atoms with E-state index < -0.39 is 6.10 Å². The van der Waals surface area contributed by atoms with Crippen LogP contribution in [-0.4, -0.2) is 34.6 Å². The molecule has 3 nitrogen and oxygen atoms in total. The molecular weight excluding hydrogens is 232 g/mol. The Morgan fingerprint density at radius 2 is 2.24 bits per heavy atom. The second-order valence-corrected chi connectivity index (χ2v) is 5.87. The van der Waals surface area contributed by atoms with Gasteiger partial charge in [-0.3, -0.25) is 0 Å². The van der Waals surface area contributed by atoms with Gasteiger partial charge >= 0.3 is 0 Å². The molecule has 2 rings (SSSR count). The van der Waals surface area contributed by atoms with Crippen LogP contribution in [0.3, 0.4) is 0 Å². The zero-order chi connectivity index (χ0) is 12.3. The van der Waals surface area contributed by atoms with Gasteiger partial charge in [0.05, 0.1) is 16.8 Å². The molecule has 0 radical (unpaired) electrons. The predicted molar refractivity (Wildman–Crippen MR) is 71.3 cm³/mol. The van der Waals surface area contributed by atoms with Crippen LogP contribution >= 0.6 is 11.3 Å². The SMILES string of the molecule is CCN1CCC(Cc2nc(C(C)O)cs2)CC1. The lowest BCUT2D eigenvalue weighted by Gasteiger charge is -2.30. The van der Waals surface area contributed by atoms with Gasteiger partial charge in [0, 0.05) is 11.8 Å². The van der Waals surface area contributed by atoms with Crippen LogP contribution in [0.1, 0.15) is 43.5 Å². The van der Waals surface area contributed by atoms with Gasteiger partial charge in [-0.15, -0.1) is 11.3 Å². The molecule has 17 heavy (non-hydrogen) atoms. The van der Waals surface area contributed by atoms with Gasteiger partial charge in [0.15, 0.2) is 0 Å². The second-order valence-electron chi connectivity index (χ2n) is 4.92. The Kier molecular flexibility index (Phi) is 4.54. The fourth-order valence-corrected chi connectivity index (χ4v) is 3.36. The van der Waals surface area contributed by atoms with Crippen LogP contribution < -0.4 is 0 Å². The largest absolute Gasteiger partial charge is 0.387 e. The standard InChI is InChI=1S/C13H22N2OS/c1-3-15-6-4-11(5-7-15)8-13-14-12(9-17-13)10(2)16/h9-11,16H,3-8H2,1-2H3. The number of aliphatic hydroxyl groups excluding tert-OH is 1. The number of piperidine rings is 1. The molecule has 0 aliphatic carbocycles. The normalized spacial score (nSPS) is 20.6. The first-order valence-electron chi connectivity index (χ1n) is 6.53. The van der Waals surface area contributed by atoms with Crippen molar-refractivity contribution >= 4 is 11.3 Å². The summed E-state index contributed by atoms with van der Waals surface area (Å²) in [6.07, 6.45) is 3.24. The lowest BCUT2D eigenvalue weighted by molar-refractivity contribution is 0.189. The van der Waals surface area contributed by atoms with Gasteiger partial charge in [0.25, 0.3) is 0 Å². The molecule has 1 aromatic rings.